The lowest BCUT2D eigenvalue weighted by Gasteiger charge is -2.19. The molecule has 0 saturated heterocycles. The SMILES string of the molecule is CCCN(CC)CCn1c(=S)[nH]c2c(F)cccc21. The molecule has 0 fully saturated rings. The van der Waals surface area contributed by atoms with E-state index in [0.29, 0.717) is 10.3 Å². The summed E-state index contributed by atoms with van der Waals surface area (Å²) in [6.07, 6.45) is 1.14. The van der Waals surface area contributed by atoms with Gasteiger partial charge in [-0.1, -0.05) is 19.9 Å². The maximum atomic E-state index is 13.7. The average Bonchev–Trinajstić information content (AvgIpc) is 2.72. The van der Waals surface area contributed by atoms with Crippen LogP contribution in [0.15, 0.2) is 18.2 Å². The largest absolute Gasteiger partial charge is 0.328 e. The average molecular weight is 281 g/mol. The van der Waals surface area contributed by atoms with Gasteiger partial charge in [-0.3, -0.25) is 0 Å². The molecule has 0 aliphatic rings. The molecule has 3 nitrogen and oxygen atoms in total. The number of aromatic amines is 1. The Morgan fingerprint density at radius 1 is 1.32 bits per heavy atom. The van der Waals surface area contributed by atoms with E-state index < -0.39 is 0 Å². The Kier molecular flexibility index (Phi) is 4.71. The van der Waals surface area contributed by atoms with Crippen LogP contribution in [0.1, 0.15) is 20.3 Å². The zero-order valence-corrected chi connectivity index (χ0v) is 12.3. The highest BCUT2D eigenvalue weighted by atomic mass is 32.1. The van der Waals surface area contributed by atoms with Crippen LogP contribution < -0.4 is 0 Å². The number of nitrogens with one attached hydrogen (secondary N) is 1. The number of imidazole rings is 1. The fourth-order valence-electron chi connectivity index (χ4n) is 2.35. The monoisotopic (exact) mass is 281 g/mol. The molecule has 0 aliphatic heterocycles. The van der Waals surface area contributed by atoms with E-state index in [1.54, 1.807) is 6.07 Å². The molecule has 0 unspecified atom stereocenters. The van der Waals surface area contributed by atoms with Gasteiger partial charge in [-0.15, -0.1) is 0 Å². The van der Waals surface area contributed by atoms with E-state index in [2.05, 4.69) is 23.7 Å². The van der Waals surface area contributed by atoms with E-state index in [1.807, 2.05) is 10.6 Å². The number of nitrogens with zero attached hydrogens (tertiary/aromatic N) is 2. The van der Waals surface area contributed by atoms with Gasteiger partial charge in [0.05, 0.1) is 5.52 Å². The minimum absolute atomic E-state index is 0.247. The van der Waals surface area contributed by atoms with Crippen molar-refractivity contribution in [1.82, 2.24) is 14.5 Å². The fourth-order valence-corrected chi connectivity index (χ4v) is 2.64. The lowest BCUT2D eigenvalue weighted by Crippen LogP contribution is -2.28. The van der Waals surface area contributed by atoms with Gasteiger partial charge in [0.25, 0.3) is 0 Å². The maximum absolute atomic E-state index is 13.7. The summed E-state index contributed by atoms with van der Waals surface area (Å²) in [5.41, 5.74) is 1.35. The molecule has 1 aromatic carbocycles. The van der Waals surface area contributed by atoms with Crippen LogP contribution in [0.3, 0.4) is 0 Å². The molecule has 0 radical (unpaired) electrons. The molecule has 1 heterocycles. The quantitative estimate of drug-likeness (QED) is 0.818. The Balaban J connectivity index is 2.23. The number of likely N-dealkylation sites (N-methyl/N-ethyl adjacent to an activating group) is 1. The van der Waals surface area contributed by atoms with Gasteiger partial charge in [0, 0.05) is 13.1 Å². The van der Waals surface area contributed by atoms with Crippen molar-refractivity contribution in [3.63, 3.8) is 0 Å². The summed E-state index contributed by atoms with van der Waals surface area (Å²) in [6, 6.07) is 5.08. The number of hydrogen-bond donors (Lipinski definition) is 1. The smallest absolute Gasteiger partial charge is 0.178 e. The van der Waals surface area contributed by atoms with Crippen molar-refractivity contribution < 1.29 is 4.39 Å². The number of halogens is 1. The summed E-state index contributed by atoms with van der Waals surface area (Å²) in [5, 5.41) is 0. The van der Waals surface area contributed by atoms with Crippen molar-refractivity contribution in [1.29, 1.82) is 0 Å². The summed E-state index contributed by atoms with van der Waals surface area (Å²) >= 11 is 5.29. The molecule has 0 atom stereocenters. The Labute approximate surface area is 118 Å². The Morgan fingerprint density at radius 3 is 2.79 bits per heavy atom. The van der Waals surface area contributed by atoms with Crippen LogP contribution in [0.25, 0.3) is 11.0 Å². The summed E-state index contributed by atoms with van der Waals surface area (Å²) in [5.74, 6) is -0.247. The third kappa shape index (κ3) is 3.04. The molecule has 0 spiro atoms. The van der Waals surface area contributed by atoms with Crippen molar-refractivity contribution in [3.05, 3.63) is 28.8 Å². The lowest BCUT2D eigenvalue weighted by atomic mass is 10.3. The summed E-state index contributed by atoms with van der Waals surface area (Å²) in [6.45, 7) is 8.16. The Morgan fingerprint density at radius 2 is 2.11 bits per heavy atom. The second kappa shape index (κ2) is 6.30. The highest BCUT2D eigenvalue weighted by molar-refractivity contribution is 7.71. The summed E-state index contributed by atoms with van der Waals surface area (Å²) < 4.78 is 16.2. The zero-order chi connectivity index (χ0) is 13.8. The molecule has 2 aromatic rings. The van der Waals surface area contributed by atoms with E-state index in [1.165, 1.54) is 6.07 Å². The molecule has 0 saturated carbocycles. The van der Waals surface area contributed by atoms with Gasteiger partial charge >= 0.3 is 0 Å². The Hall–Kier alpha value is -1.20. The van der Waals surface area contributed by atoms with Gasteiger partial charge in [-0.05, 0) is 43.9 Å². The molecule has 2 rings (SSSR count). The number of benzene rings is 1. The molecule has 104 valence electrons. The highest BCUT2D eigenvalue weighted by Gasteiger charge is 2.09. The number of fused-ring (bicyclic) bond motifs is 1. The first-order chi connectivity index (χ1) is 9.17. The molecule has 1 aromatic heterocycles. The van der Waals surface area contributed by atoms with Crippen LogP contribution >= 0.6 is 12.2 Å². The number of rotatable bonds is 6. The van der Waals surface area contributed by atoms with Crippen molar-refractivity contribution in [2.24, 2.45) is 0 Å². The predicted octanol–water partition coefficient (Wildman–Crippen LogP) is 3.57. The van der Waals surface area contributed by atoms with E-state index in [-0.39, 0.29) is 5.82 Å². The van der Waals surface area contributed by atoms with E-state index in [0.717, 1.165) is 38.1 Å². The van der Waals surface area contributed by atoms with Gasteiger partial charge < -0.3 is 14.5 Å². The summed E-state index contributed by atoms with van der Waals surface area (Å²) in [7, 11) is 0. The van der Waals surface area contributed by atoms with Gasteiger partial charge in [0.2, 0.25) is 0 Å². The third-order valence-electron chi connectivity index (χ3n) is 3.39. The lowest BCUT2D eigenvalue weighted by molar-refractivity contribution is 0.277. The minimum atomic E-state index is -0.247. The van der Waals surface area contributed by atoms with Crippen LogP contribution in [-0.4, -0.2) is 34.1 Å². The van der Waals surface area contributed by atoms with Crippen molar-refractivity contribution in [3.8, 4) is 0 Å². The topological polar surface area (TPSA) is 24.0 Å². The van der Waals surface area contributed by atoms with E-state index in [4.69, 9.17) is 12.2 Å². The van der Waals surface area contributed by atoms with Crippen molar-refractivity contribution in [2.45, 2.75) is 26.8 Å². The fraction of sp³-hybridized carbons (Fsp3) is 0.500. The first kappa shape index (κ1) is 14.2. The maximum Gasteiger partial charge on any atom is 0.178 e. The van der Waals surface area contributed by atoms with Crippen molar-refractivity contribution in [2.75, 3.05) is 19.6 Å². The van der Waals surface area contributed by atoms with E-state index >= 15 is 0 Å². The number of para-hydroxylation sites is 1. The van der Waals surface area contributed by atoms with Crippen LogP contribution in [0, 0.1) is 10.6 Å². The van der Waals surface area contributed by atoms with Crippen LogP contribution in [0.2, 0.25) is 0 Å². The van der Waals surface area contributed by atoms with Gasteiger partial charge in [-0.25, -0.2) is 4.39 Å². The van der Waals surface area contributed by atoms with Crippen LogP contribution in [0.5, 0.6) is 0 Å². The zero-order valence-electron chi connectivity index (χ0n) is 11.4. The number of aromatic nitrogens is 2. The summed E-state index contributed by atoms with van der Waals surface area (Å²) in [4.78, 5) is 5.33. The van der Waals surface area contributed by atoms with Gasteiger partial charge in [0.1, 0.15) is 11.3 Å². The minimum Gasteiger partial charge on any atom is -0.328 e. The molecular formula is C14H20FN3S. The Bertz CT molecular complexity index is 602. The van der Waals surface area contributed by atoms with Crippen molar-refractivity contribution >= 4 is 23.3 Å². The molecule has 0 amide bonds. The molecular weight excluding hydrogens is 261 g/mol. The molecule has 19 heavy (non-hydrogen) atoms. The standard InChI is InChI=1S/C14H20FN3S/c1-3-8-17(4-2)9-10-18-12-7-5-6-11(15)13(12)16-14(18)19/h5-7H,3-4,8-10H2,1-2H3,(H,16,19). The third-order valence-corrected chi connectivity index (χ3v) is 3.71. The molecule has 1 N–H and O–H groups in total. The first-order valence-corrected chi connectivity index (χ1v) is 7.17. The van der Waals surface area contributed by atoms with Crippen LogP contribution in [0.4, 0.5) is 4.39 Å². The first-order valence-electron chi connectivity index (χ1n) is 6.76. The van der Waals surface area contributed by atoms with Gasteiger partial charge in [-0.2, -0.15) is 0 Å². The predicted molar refractivity (Wildman–Crippen MR) is 79.5 cm³/mol. The second-order valence-electron chi connectivity index (χ2n) is 4.65. The molecule has 0 bridgehead atoms. The number of H-pyrrole nitrogens is 1. The highest BCUT2D eigenvalue weighted by Crippen LogP contribution is 2.17. The van der Waals surface area contributed by atoms with Crippen LogP contribution in [-0.2, 0) is 6.54 Å². The molecule has 5 heteroatoms. The normalized spacial score (nSPS) is 11.6. The van der Waals surface area contributed by atoms with Gasteiger partial charge in [0.15, 0.2) is 4.77 Å². The molecule has 0 aliphatic carbocycles. The van der Waals surface area contributed by atoms with E-state index in [9.17, 15) is 4.39 Å². The number of hydrogen-bond acceptors (Lipinski definition) is 2. The second-order valence-corrected chi connectivity index (χ2v) is 5.04.